The Hall–Kier alpha value is -2.37. The number of anilines is 1. The van der Waals surface area contributed by atoms with Crippen molar-refractivity contribution in [3.05, 3.63) is 47.5 Å². The van der Waals surface area contributed by atoms with Gasteiger partial charge in [0.25, 0.3) is 0 Å². The molecule has 0 spiro atoms. The third kappa shape index (κ3) is 3.93. The first-order chi connectivity index (χ1) is 11.5. The monoisotopic (exact) mass is 330 g/mol. The molecule has 24 heavy (non-hydrogen) atoms. The van der Waals surface area contributed by atoms with Gasteiger partial charge in [-0.3, -0.25) is 9.48 Å². The molecule has 1 saturated heterocycles. The van der Waals surface area contributed by atoms with Crippen LogP contribution in [0.2, 0.25) is 0 Å². The first-order valence-corrected chi connectivity index (χ1v) is 8.29. The first-order valence-electron chi connectivity index (χ1n) is 8.29. The quantitative estimate of drug-likeness (QED) is 0.935. The number of rotatable bonds is 4. The van der Waals surface area contributed by atoms with Crippen LogP contribution in [0.1, 0.15) is 24.0 Å². The van der Waals surface area contributed by atoms with Crippen LogP contribution < -0.4 is 10.2 Å². The van der Waals surface area contributed by atoms with Gasteiger partial charge in [0, 0.05) is 38.1 Å². The molecule has 1 atom stereocenters. The largest absolute Gasteiger partial charge is 0.369 e. The van der Waals surface area contributed by atoms with Crippen LogP contribution in [-0.4, -0.2) is 34.8 Å². The number of aryl methyl sites for hydroxylation is 2. The minimum absolute atomic E-state index is 0.0191. The Labute approximate surface area is 141 Å². The van der Waals surface area contributed by atoms with Crippen LogP contribution in [-0.2, 0) is 18.3 Å². The second-order valence-electron chi connectivity index (χ2n) is 6.48. The van der Waals surface area contributed by atoms with E-state index in [1.807, 2.05) is 26.2 Å². The molecule has 1 aromatic carbocycles. The highest BCUT2D eigenvalue weighted by molar-refractivity contribution is 5.78. The van der Waals surface area contributed by atoms with E-state index in [0.29, 0.717) is 6.42 Å². The zero-order valence-electron chi connectivity index (χ0n) is 14.1. The van der Waals surface area contributed by atoms with E-state index in [1.165, 1.54) is 6.07 Å². The molecule has 3 rings (SSSR count). The van der Waals surface area contributed by atoms with Gasteiger partial charge in [-0.25, -0.2) is 4.39 Å². The van der Waals surface area contributed by atoms with Crippen molar-refractivity contribution >= 4 is 11.6 Å². The van der Waals surface area contributed by atoms with Crippen molar-refractivity contribution < 1.29 is 9.18 Å². The lowest BCUT2D eigenvalue weighted by Gasteiger charge is -2.35. The Kier molecular flexibility index (Phi) is 4.83. The Balaban J connectivity index is 1.60. The lowest BCUT2D eigenvalue weighted by molar-refractivity contribution is -0.121. The average Bonchev–Trinajstić information content (AvgIpc) is 2.92. The highest BCUT2D eigenvalue weighted by Gasteiger charge is 2.22. The molecule has 1 aromatic heterocycles. The van der Waals surface area contributed by atoms with Crippen molar-refractivity contribution in [3.63, 3.8) is 0 Å². The summed E-state index contributed by atoms with van der Waals surface area (Å²) in [5.41, 5.74) is 2.89. The van der Waals surface area contributed by atoms with Gasteiger partial charge in [-0.2, -0.15) is 5.10 Å². The molecule has 2 heterocycles. The molecular formula is C18H23FN4O. The van der Waals surface area contributed by atoms with Crippen molar-refractivity contribution in [1.82, 2.24) is 15.1 Å². The molecule has 128 valence electrons. The molecule has 1 fully saturated rings. The van der Waals surface area contributed by atoms with E-state index < -0.39 is 0 Å². The van der Waals surface area contributed by atoms with Gasteiger partial charge in [-0.1, -0.05) is 0 Å². The molecule has 0 bridgehead atoms. The molecule has 1 aliphatic rings. The molecule has 5 nitrogen and oxygen atoms in total. The lowest BCUT2D eigenvalue weighted by Crippen LogP contribution is -2.48. The number of amides is 1. The van der Waals surface area contributed by atoms with Gasteiger partial charge in [0.15, 0.2) is 0 Å². The summed E-state index contributed by atoms with van der Waals surface area (Å²) in [6.07, 6.45) is 5.90. The van der Waals surface area contributed by atoms with Crippen LogP contribution in [0, 0.1) is 12.7 Å². The van der Waals surface area contributed by atoms with E-state index in [9.17, 15) is 9.18 Å². The number of halogens is 1. The number of nitrogens with one attached hydrogen (secondary N) is 1. The molecule has 1 N–H and O–H groups in total. The summed E-state index contributed by atoms with van der Waals surface area (Å²) in [5, 5.41) is 7.20. The maximum Gasteiger partial charge on any atom is 0.224 e. The summed E-state index contributed by atoms with van der Waals surface area (Å²) in [5.74, 6) is -0.194. The van der Waals surface area contributed by atoms with Gasteiger partial charge in [0.1, 0.15) is 5.82 Å². The fraction of sp³-hybridized carbons (Fsp3) is 0.444. The van der Waals surface area contributed by atoms with Crippen LogP contribution in [0.25, 0.3) is 0 Å². The van der Waals surface area contributed by atoms with E-state index in [1.54, 1.807) is 16.9 Å². The highest BCUT2D eigenvalue weighted by Crippen LogP contribution is 2.24. The van der Waals surface area contributed by atoms with Crippen LogP contribution in [0.3, 0.4) is 0 Å². The Morgan fingerprint density at radius 1 is 1.46 bits per heavy atom. The topological polar surface area (TPSA) is 50.2 Å². The average molecular weight is 330 g/mol. The summed E-state index contributed by atoms with van der Waals surface area (Å²) in [4.78, 5) is 14.5. The zero-order chi connectivity index (χ0) is 17.1. The van der Waals surface area contributed by atoms with Gasteiger partial charge in [-0.15, -0.1) is 0 Å². The molecule has 1 aliphatic heterocycles. The SMILES string of the molecule is Cc1cc(F)ccc1N1CCC[C@H](NC(=O)Cc2cnn(C)c2)C1. The molecule has 0 aliphatic carbocycles. The lowest BCUT2D eigenvalue weighted by atomic mass is 10.0. The van der Waals surface area contributed by atoms with Gasteiger partial charge < -0.3 is 10.2 Å². The first kappa shape index (κ1) is 16.5. The summed E-state index contributed by atoms with van der Waals surface area (Å²) < 4.78 is 15.0. The Morgan fingerprint density at radius 2 is 2.29 bits per heavy atom. The number of carbonyl (C=O) groups is 1. The predicted molar refractivity (Wildman–Crippen MR) is 91.4 cm³/mol. The third-order valence-corrected chi connectivity index (χ3v) is 4.41. The van der Waals surface area contributed by atoms with Crippen LogP contribution in [0.15, 0.2) is 30.6 Å². The molecule has 0 radical (unpaired) electrons. The molecule has 0 saturated carbocycles. The Morgan fingerprint density at radius 3 is 3.00 bits per heavy atom. The minimum Gasteiger partial charge on any atom is -0.369 e. The van der Waals surface area contributed by atoms with E-state index >= 15 is 0 Å². The molecule has 0 unspecified atom stereocenters. The maximum absolute atomic E-state index is 13.3. The van der Waals surface area contributed by atoms with Crippen molar-refractivity contribution in [2.45, 2.75) is 32.2 Å². The van der Waals surface area contributed by atoms with E-state index in [-0.39, 0.29) is 17.8 Å². The number of nitrogens with zero attached hydrogens (tertiary/aromatic N) is 3. The third-order valence-electron chi connectivity index (χ3n) is 4.41. The predicted octanol–water partition coefficient (Wildman–Crippen LogP) is 2.20. The fourth-order valence-corrected chi connectivity index (χ4v) is 3.31. The number of aromatic nitrogens is 2. The molecule has 1 amide bonds. The Bertz CT molecular complexity index is 728. The second kappa shape index (κ2) is 7.03. The van der Waals surface area contributed by atoms with Crippen LogP contribution in [0.5, 0.6) is 0 Å². The summed E-state index contributed by atoms with van der Waals surface area (Å²) in [7, 11) is 1.84. The summed E-state index contributed by atoms with van der Waals surface area (Å²) >= 11 is 0. The van der Waals surface area contributed by atoms with Crippen LogP contribution in [0.4, 0.5) is 10.1 Å². The normalized spacial score (nSPS) is 17.8. The molecule has 2 aromatic rings. The number of hydrogen-bond donors (Lipinski definition) is 1. The number of carbonyl (C=O) groups excluding carboxylic acids is 1. The number of piperidine rings is 1. The second-order valence-corrected chi connectivity index (χ2v) is 6.48. The van der Waals surface area contributed by atoms with Crippen molar-refractivity contribution in [2.75, 3.05) is 18.0 Å². The van der Waals surface area contributed by atoms with Gasteiger partial charge in [0.2, 0.25) is 5.91 Å². The standard InChI is InChI=1S/C18H23FN4O/c1-13-8-15(19)5-6-17(13)23-7-3-4-16(12-23)21-18(24)9-14-10-20-22(2)11-14/h5-6,8,10-11,16H,3-4,7,9,12H2,1-2H3,(H,21,24)/t16-/m0/s1. The number of hydrogen-bond acceptors (Lipinski definition) is 3. The summed E-state index contributed by atoms with van der Waals surface area (Å²) in [6, 6.07) is 4.99. The zero-order valence-corrected chi connectivity index (χ0v) is 14.1. The smallest absolute Gasteiger partial charge is 0.224 e. The van der Waals surface area contributed by atoms with Gasteiger partial charge in [0.05, 0.1) is 12.6 Å². The van der Waals surface area contributed by atoms with Gasteiger partial charge >= 0.3 is 0 Å². The van der Waals surface area contributed by atoms with Crippen molar-refractivity contribution in [2.24, 2.45) is 7.05 Å². The summed E-state index contributed by atoms with van der Waals surface area (Å²) in [6.45, 7) is 3.61. The van der Waals surface area contributed by atoms with E-state index in [2.05, 4.69) is 15.3 Å². The molecular weight excluding hydrogens is 307 g/mol. The fourth-order valence-electron chi connectivity index (χ4n) is 3.31. The highest BCUT2D eigenvalue weighted by atomic mass is 19.1. The van der Waals surface area contributed by atoms with Crippen molar-refractivity contribution in [3.8, 4) is 0 Å². The van der Waals surface area contributed by atoms with Gasteiger partial charge in [-0.05, 0) is 49.1 Å². The number of benzene rings is 1. The van der Waals surface area contributed by atoms with Crippen molar-refractivity contribution in [1.29, 1.82) is 0 Å². The van der Waals surface area contributed by atoms with Crippen LogP contribution >= 0.6 is 0 Å². The minimum atomic E-state index is -0.213. The maximum atomic E-state index is 13.3. The van der Waals surface area contributed by atoms with E-state index in [4.69, 9.17) is 0 Å². The van der Waals surface area contributed by atoms with E-state index in [0.717, 1.165) is 42.7 Å². The molecule has 6 heteroatoms.